The molecule has 0 spiro atoms. The number of unbranched alkanes of at least 4 members (excludes halogenated alkanes) is 9. The second kappa shape index (κ2) is 17.1. The fraction of sp³-hybridized carbons (Fsp3) is 0.857. The molecule has 1 amide bonds. The predicted octanol–water partition coefficient (Wildman–Crippen LogP) is 7.40. The fourth-order valence-corrected chi connectivity index (χ4v) is 5.70. The van der Waals surface area contributed by atoms with Crippen LogP contribution < -0.4 is 5.32 Å². The summed E-state index contributed by atoms with van der Waals surface area (Å²) in [6.45, 7) is 2.54. The number of nitriles is 1. The molecule has 0 bridgehead atoms. The number of hydrogen-bond donors (Lipinski definition) is 1. The van der Waals surface area contributed by atoms with Crippen LogP contribution in [-0.2, 0) is 4.79 Å². The van der Waals surface area contributed by atoms with Crippen molar-refractivity contribution >= 4 is 45.2 Å². The van der Waals surface area contributed by atoms with Gasteiger partial charge in [0.05, 0.1) is 6.07 Å². The Morgan fingerprint density at radius 2 is 1.57 bits per heavy atom. The topological polar surface area (TPSA) is 52.9 Å². The molecule has 0 saturated carbocycles. The van der Waals surface area contributed by atoms with Crippen molar-refractivity contribution in [1.82, 2.24) is 5.32 Å². The Balaban J connectivity index is 3.87. The highest BCUT2D eigenvalue weighted by Gasteiger charge is 2.30. The van der Waals surface area contributed by atoms with Gasteiger partial charge in [-0.25, -0.2) is 0 Å². The first-order valence-corrected chi connectivity index (χ1v) is 12.9. The summed E-state index contributed by atoms with van der Waals surface area (Å²) in [5, 5.41) is 11.2. The van der Waals surface area contributed by atoms with Crippen LogP contribution in [0.2, 0.25) is 0 Å². The van der Waals surface area contributed by atoms with Crippen molar-refractivity contribution in [3.05, 3.63) is 0 Å². The average Bonchev–Trinajstić information content (AvgIpc) is 2.68. The van der Waals surface area contributed by atoms with E-state index < -0.39 is 23.4 Å². The van der Waals surface area contributed by atoms with E-state index in [0.717, 1.165) is 12.2 Å². The smallest absolute Gasteiger partial charge is 0.347 e. The third-order valence-corrected chi connectivity index (χ3v) is 7.43. The number of thiocarbonyl (C=S) groups is 1. The first-order chi connectivity index (χ1) is 14.1. The lowest BCUT2D eigenvalue weighted by molar-refractivity contribution is -0.138. The van der Waals surface area contributed by atoms with Gasteiger partial charge in [-0.1, -0.05) is 88.7 Å². The summed E-state index contributed by atoms with van der Waals surface area (Å²) < 4.78 is 36.1. The van der Waals surface area contributed by atoms with Gasteiger partial charge in [0, 0.05) is 6.42 Å². The molecule has 0 fully saturated rings. The zero-order valence-electron chi connectivity index (χ0n) is 18.1. The lowest BCUT2D eigenvalue weighted by Gasteiger charge is -2.20. The Morgan fingerprint density at radius 3 is 2.07 bits per heavy atom. The number of alkyl halides is 3. The molecule has 0 aliphatic rings. The van der Waals surface area contributed by atoms with E-state index in [2.05, 4.69) is 13.0 Å². The minimum absolute atomic E-state index is 0.140. The Kier molecular flexibility index (Phi) is 16.9. The van der Waals surface area contributed by atoms with Crippen LogP contribution in [0.1, 0.15) is 90.9 Å². The molecule has 0 heterocycles. The molecule has 9 heteroatoms. The Morgan fingerprint density at radius 1 is 1.03 bits per heavy atom. The third-order valence-electron chi connectivity index (χ3n) is 4.58. The molecule has 0 saturated heterocycles. The van der Waals surface area contributed by atoms with E-state index in [-0.39, 0.29) is 12.8 Å². The molecule has 0 aliphatic heterocycles. The van der Waals surface area contributed by atoms with Gasteiger partial charge >= 0.3 is 6.18 Å². The highest BCUT2D eigenvalue weighted by molar-refractivity contribution is 8.47. The van der Waals surface area contributed by atoms with Gasteiger partial charge in [-0.15, -0.1) is 11.8 Å². The van der Waals surface area contributed by atoms with E-state index >= 15 is 0 Å². The van der Waals surface area contributed by atoms with Gasteiger partial charge < -0.3 is 5.32 Å². The summed E-state index contributed by atoms with van der Waals surface area (Å²) >= 11 is 8.11. The van der Waals surface area contributed by atoms with Crippen LogP contribution in [-0.4, -0.2) is 32.7 Å². The maximum absolute atomic E-state index is 12.1. The monoisotopic (exact) mass is 484 g/mol. The molecule has 1 unspecified atom stereocenters. The van der Waals surface area contributed by atoms with Gasteiger partial charge in [-0.2, -0.15) is 18.4 Å². The molecule has 0 aromatic heterocycles. The standard InChI is InChI=1S/C21H35F3N2OS3/c1-3-4-5-6-7-8-9-10-11-12-15-29-19(28)30-20(2,16-25)14-13-18(27)26-17-21(22,23)24/h3-15,17H2,1-2H3,(H,26,27). The molecule has 174 valence electrons. The predicted molar refractivity (Wildman–Crippen MR) is 127 cm³/mol. The molecule has 0 radical (unpaired) electrons. The highest BCUT2D eigenvalue weighted by Crippen LogP contribution is 2.34. The number of thioether (sulfide) groups is 2. The lowest BCUT2D eigenvalue weighted by atomic mass is 10.1. The number of halogens is 3. The maximum Gasteiger partial charge on any atom is 0.405 e. The molecule has 0 aromatic carbocycles. The van der Waals surface area contributed by atoms with Gasteiger partial charge in [-0.05, 0) is 25.5 Å². The average molecular weight is 485 g/mol. The first-order valence-electron chi connectivity index (χ1n) is 10.7. The molecule has 0 aromatic rings. The summed E-state index contributed by atoms with van der Waals surface area (Å²) in [5.74, 6) is 0.189. The van der Waals surface area contributed by atoms with E-state index in [1.807, 2.05) is 5.32 Å². The number of nitrogens with one attached hydrogen (secondary N) is 1. The van der Waals surface area contributed by atoms with E-state index in [4.69, 9.17) is 12.2 Å². The van der Waals surface area contributed by atoms with E-state index in [9.17, 15) is 23.2 Å². The van der Waals surface area contributed by atoms with Gasteiger partial charge in [0.15, 0.2) is 0 Å². The number of carbonyl (C=O) groups excluding carboxylic acids is 1. The van der Waals surface area contributed by atoms with E-state index in [1.165, 1.54) is 81.3 Å². The van der Waals surface area contributed by atoms with Crippen LogP contribution in [0.25, 0.3) is 0 Å². The van der Waals surface area contributed by atoms with Crippen LogP contribution >= 0.6 is 35.7 Å². The zero-order chi connectivity index (χ0) is 22.9. The molecule has 1 atom stereocenters. The van der Waals surface area contributed by atoms with Crippen molar-refractivity contribution in [3.8, 4) is 6.07 Å². The summed E-state index contributed by atoms with van der Waals surface area (Å²) in [6, 6.07) is 2.14. The van der Waals surface area contributed by atoms with Crippen molar-refractivity contribution in [3.63, 3.8) is 0 Å². The van der Waals surface area contributed by atoms with Crippen molar-refractivity contribution in [1.29, 1.82) is 5.26 Å². The van der Waals surface area contributed by atoms with Crippen molar-refractivity contribution < 1.29 is 18.0 Å². The van der Waals surface area contributed by atoms with Crippen LogP contribution in [0.5, 0.6) is 0 Å². The minimum Gasteiger partial charge on any atom is -0.347 e. The van der Waals surface area contributed by atoms with Crippen molar-refractivity contribution in [2.75, 3.05) is 12.3 Å². The van der Waals surface area contributed by atoms with Gasteiger partial charge in [-0.3, -0.25) is 4.79 Å². The Labute approximate surface area is 193 Å². The van der Waals surface area contributed by atoms with Crippen molar-refractivity contribution in [2.45, 2.75) is 102 Å². The second-order valence-corrected chi connectivity index (χ2v) is 11.4. The van der Waals surface area contributed by atoms with Crippen LogP contribution in [0, 0.1) is 11.3 Å². The largest absolute Gasteiger partial charge is 0.405 e. The normalized spacial score (nSPS) is 13.5. The summed E-state index contributed by atoms with van der Waals surface area (Å²) in [4.78, 5) is 11.6. The third kappa shape index (κ3) is 18.3. The Hall–Kier alpha value is -0.460. The Bertz CT molecular complexity index is 539. The second-order valence-electron chi connectivity index (χ2n) is 7.62. The van der Waals surface area contributed by atoms with Gasteiger partial charge in [0.1, 0.15) is 14.8 Å². The van der Waals surface area contributed by atoms with E-state index in [0.29, 0.717) is 3.53 Å². The highest BCUT2D eigenvalue weighted by atomic mass is 32.2. The van der Waals surface area contributed by atoms with Crippen LogP contribution in [0.3, 0.4) is 0 Å². The molecule has 30 heavy (non-hydrogen) atoms. The maximum atomic E-state index is 12.1. The molecule has 0 aliphatic carbocycles. The molecule has 3 nitrogen and oxygen atoms in total. The number of hydrogen-bond acceptors (Lipinski definition) is 5. The minimum atomic E-state index is -4.43. The first kappa shape index (κ1) is 29.5. The van der Waals surface area contributed by atoms with Crippen molar-refractivity contribution in [2.24, 2.45) is 0 Å². The number of carbonyl (C=O) groups is 1. The molecule has 0 rings (SSSR count). The molecular weight excluding hydrogens is 449 g/mol. The lowest BCUT2D eigenvalue weighted by Crippen LogP contribution is -2.34. The van der Waals surface area contributed by atoms with E-state index in [1.54, 1.807) is 6.92 Å². The quantitative estimate of drug-likeness (QED) is 0.183. The summed E-state index contributed by atoms with van der Waals surface area (Å²) in [6.07, 6.45) is 8.28. The number of nitrogens with zero attached hydrogens (tertiary/aromatic N) is 1. The molecule has 1 N–H and O–H groups in total. The van der Waals surface area contributed by atoms with Gasteiger partial charge in [0.2, 0.25) is 5.91 Å². The number of amides is 1. The fourth-order valence-electron chi connectivity index (χ4n) is 2.73. The SMILES string of the molecule is CCCCCCCCCCCCSC(=S)SC(C)(C#N)CCC(=O)NCC(F)(F)F. The summed E-state index contributed by atoms with van der Waals surface area (Å²) in [5.41, 5.74) is 0. The molecular formula is C21H35F3N2OS3. The van der Waals surface area contributed by atoms with Crippen LogP contribution in [0.4, 0.5) is 13.2 Å². The number of rotatable bonds is 16. The van der Waals surface area contributed by atoms with Crippen LogP contribution in [0.15, 0.2) is 0 Å². The van der Waals surface area contributed by atoms with Gasteiger partial charge in [0.25, 0.3) is 0 Å². The zero-order valence-corrected chi connectivity index (χ0v) is 20.6. The summed E-state index contributed by atoms with van der Waals surface area (Å²) in [7, 11) is 0.